The molecule has 0 spiro atoms. The molecule has 16 heteroatoms. The molecule has 1 aromatic heterocycles. The van der Waals surface area contributed by atoms with Gasteiger partial charge < -0.3 is 30.9 Å². The molecule has 1 aliphatic heterocycles. The van der Waals surface area contributed by atoms with Crippen molar-refractivity contribution in [2.24, 2.45) is 0 Å². The third-order valence-corrected chi connectivity index (χ3v) is 5.83. The minimum atomic E-state index is -4.44. The summed E-state index contributed by atoms with van der Waals surface area (Å²) in [6.45, 7) is 2.32. The molecule has 178 valence electrons. The number of nitrogens with one attached hydrogen (secondary N) is 1. The van der Waals surface area contributed by atoms with Gasteiger partial charge in [-0.1, -0.05) is 6.08 Å². The van der Waals surface area contributed by atoms with Gasteiger partial charge in [0.2, 0.25) is 0 Å². The van der Waals surface area contributed by atoms with E-state index < -0.39 is 69.0 Å². The number of nitrogens with zero attached hydrogens (tertiary/aromatic N) is 2. The Hall–Kier alpha value is -2.65. The van der Waals surface area contributed by atoms with Crippen LogP contribution in [0.4, 0.5) is 5.82 Å². The lowest BCUT2D eigenvalue weighted by molar-refractivity contribution is -0.145. The van der Waals surface area contributed by atoms with Gasteiger partial charge in [-0.05, 0) is 6.07 Å². The van der Waals surface area contributed by atoms with Crippen molar-refractivity contribution in [1.82, 2.24) is 14.6 Å². The maximum atomic E-state index is 12.9. The molecule has 0 radical (unpaired) electrons. The molecule has 2 rings (SSSR count). The number of ether oxygens (including phenoxy) is 1. The summed E-state index contributed by atoms with van der Waals surface area (Å²) in [7, 11) is -4.44. The van der Waals surface area contributed by atoms with Gasteiger partial charge >= 0.3 is 25.4 Å². The van der Waals surface area contributed by atoms with E-state index in [1.165, 1.54) is 18.3 Å². The highest BCUT2D eigenvalue weighted by molar-refractivity contribution is 7.51. The van der Waals surface area contributed by atoms with Crippen molar-refractivity contribution in [3.63, 3.8) is 0 Å². The molecule has 0 bridgehead atoms. The third kappa shape index (κ3) is 6.43. The number of aromatic nitrogens is 2. The number of hydrogen-bond donors (Lipinski definition) is 6. The molecule has 1 aliphatic rings. The second-order valence-corrected chi connectivity index (χ2v) is 8.35. The monoisotopic (exact) mass is 478 g/mol. The normalized spacial score (nSPS) is 25.7. The topological polar surface area (TPSA) is 233 Å². The number of aliphatic hydroxyl groups is 2. The van der Waals surface area contributed by atoms with Crippen LogP contribution in [0.5, 0.6) is 0 Å². The first-order valence-electron chi connectivity index (χ1n) is 9.06. The summed E-state index contributed by atoms with van der Waals surface area (Å²) in [6.07, 6.45) is -4.47. The quantitative estimate of drug-likeness (QED) is 0.145. The Kier molecular flexibility index (Phi) is 8.63. The highest BCUT2D eigenvalue weighted by Crippen LogP contribution is 2.45. The summed E-state index contributed by atoms with van der Waals surface area (Å²) in [6, 6.07) is -0.556. The van der Waals surface area contributed by atoms with Crippen LogP contribution in [0.15, 0.2) is 29.7 Å². The average Bonchev–Trinajstić information content (AvgIpc) is 2.98. The number of anilines is 1. The Morgan fingerprint density at radius 3 is 2.62 bits per heavy atom. The molecule has 32 heavy (non-hydrogen) atoms. The number of aliphatic carboxylic acids is 2. The molecule has 7 N–H and O–H groups in total. The smallest absolute Gasteiger partial charge is 0.406 e. The molecule has 2 heterocycles. The molecular formula is C16H23N4O11P. The van der Waals surface area contributed by atoms with E-state index in [9.17, 15) is 29.2 Å². The number of nitrogens with two attached hydrogens (primary N) is 1. The molecular weight excluding hydrogens is 455 g/mol. The van der Waals surface area contributed by atoms with Crippen LogP contribution in [-0.4, -0.2) is 79.5 Å². The van der Waals surface area contributed by atoms with E-state index in [-0.39, 0.29) is 12.4 Å². The van der Waals surface area contributed by atoms with Gasteiger partial charge in [0.1, 0.15) is 30.2 Å². The van der Waals surface area contributed by atoms with E-state index in [2.05, 4.69) is 11.6 Å². The lowest BCUT2D eigenvalue weighted by Crippen LogP contribution is -2.39. The predicted octanol–water partition coefficient (Wildman–Crippen LogP) is -1.71. The first-order valence-corrected chi connectivity index (χ1v) is 10.6. The lowest BCUT2D eigenvalue weighted by Gasteiger charge is -2.24. The fourth-order valence-electron chi connectivity index (χ4n) is 2.70. The standard InChI is InChI=1S/C16H23N4O11P/c1-2-5-29-32(28,19-8(15(25)26)6-11(21)22)30-7-9-12(23)13(24)14(31-9)20-4-3-10(17)18-16(20)27/h2-4,8-9,12-14,23-24H,1,5-7H2,(H,19,28)(H,21,22)(H,25,26)(H2,17,18,27)/t8-,9+,12+,13+,14+,32?/m0/s1. The van der Waals surface area contributed by atoms with E-state index in [0.29, 0.717) is 0 Å². The Labute approximate surface area is 180 Å². The van der Waals surface area contributed by atoms with Gasteiger partial charge in [0.25, 0.3) is 0 Å². The minimum Gasteiger partial charge on any atom is -0.481 e. The summed E-state index contributed by atoms with van der Waals surface area (Å²) >= 11 is 0. The highest BCUT2D eigenvalue weighted by Gasteiger charge is 2.45. The summed E-state index contributed by atoms with van der Waals surface area (Å²) in [5.41, 5.74) is 4.55. The molecule has 1 aromatic rings. The molecule has 0 aromatic carbocycles. The van der Waals surface area contributed by atoms with Crippen molar-refractivity contribution in [3.05, 3.63) is 35.4 Å². The molecule has 0 amide bonds. The van der Waals surface area contributed by atoms with Crippen molar-refractivity contribution in [1.29, 1.82) is 0 Å². The Bertz CT molecular complexity index is 954. The number of aliphatic hydroxyl groups excluding tert-OH is 2. The fourth-order valence-corrected chi connectivity index (χ4v) is 4.16. The van der Waals surface area contributed by atoms with Crippen molar-refractivity contribution in [2.75, 3.05) is 18.9 Å². The number of rotatable bonds is 12. The van der Waals surface area contributed by atoms with Gasteiger partial charge in [0.15, 0.2) is 6.23 Å². The van der Waals surface area contributed by atoms with Crippen LogP contribution in [0.25, 0.3) is 0 Å². The number of hydrogen-bond acceptors (Lipinski definition) is 11. The predicted molar refractivity (Wildman–Crippen MR) is 105 cm³/mol. The van der Waals surface area contributed by atoms with Crippen molar-refractivity contribution in [3.8, 4) is 0 Å². The number of carboxylic acids is 2. The first-order chi connectivity index (χ1) is 15.0. The van der Waals surface area contributed by atoms with Crippen molar-refractivity contribution in [2.45, 2.75) is 37.0 Å². The molecule has 1 fully saturated rings. The van der Waals surface area contributed by atoms with Crippen LogP contribution in [0.3, 0.4) is 0 Å². The first kappa shape index (κ1) is 25.6. The minimum absolute atomic E-state index is 0.0695. The van der Waals surface area contributed by atoms with Crippen molar-refractivity contribution < 1.29 is 48.4 Å². The van der Waals surface area contributed by atoms with Gasteiger partial charge in [0.05, 0.1) is 19.6 Å². The molecule has 6 atom stereocenters. The van der Waals surface area contributed by atoms with Crippen LogP contribution in [0.1, 0.15) is 12.6 Å². The SMILES string of the molecule is C=CCOP(=O)(N[C@@H](CC(=O)O)C(=O)O)OC[C@H]1O[C@@H](n2ccc(N)nc2=O)[C@H](O)[C@@H]1O. The van der Waals surface area contributed by atoms with Gasteiger partial charge in [-0.2, -0.15) is 4.98 Å². The number of carboxylic acid groups (broad SMARTS) is 2. The van der Waals surface area contributed by atoms with E-state index in [1.54, 1.807) is 0 Å². The van der Waals surface area contributed by atoms with Gasteiger partial charge in [0, 0.05) is 6.20 Å². The summed E-state index contributed by atoms with van der Waals surface area (Å²) < 4.78 is 29.3. The van der Waals surface area contributed by atoms with Crippen LogP contribution in [-0.2, 0) is 27.9 Å². The summed E-state index contributed by atoms with van der Waals surface area (Å²) in [5, 5.41) is 40.5. The van der Waals surface area contributed by atoms with E-state index in [0.717, 1.165) is 4.57 Å². The maximum Gasteiger partial charge on any atom is 0.406 e. The molecule has 15 nitrogen and oxygen atoms in total. The average molecular weight is 478 g/mol. The molecule has 0 saturated carbocycles. The lowest BCUT2D eigenvalue weighted by atomic mass is 10.1. The second kappa shape index (κ2) is 10.8. The van der Waals surface area contributed by atoms with Crippen LogP contribution >= 0.6 is 7.75 Å². The highest BCUT2D eigenvalue weighted by atomic mass is 31.2. The van der Waals surface area contributed by atoms with Gasteiger partial charge in [-0.15, -0.1) is 6.58 Å². The van der Waals surface area contributed by atoms with E-state index >= 15 is 0 Å². The Balaban J connectivity index is 2.15. The summed E-state index contributed by atoms with van der Waals surface area (Å²) in [4.78, 5) is 37.6. The van der Waals surface area contributed by atoms with Crippen LogP contribution in [0, 0.1) is 0 Å². The van der Waals surface area contributed by atoms with Crippen LogP contribution in [0.2, 0.25) is 0 Å². The summed E-state index contributed by atoms with van der Waals surface area (Å²) in [5.74, 6) is -3.18. The van der Waals surface area contributed by atoms with Crippen LogP contribution < -0.4 is 16.5 Å². The van der Waals surface area contributed by atoms with Gasteiger partial charge in [-0.25, -0.2) is 14.4 Å². The zero-order chi connectivity index (χ0) is 24.1. The molecule has 0 aliphatic carbocycles. The Morgan fingerprint density at radius 1 is 1.38 bits per heavy atom. The van der Waals surface area contributed by atoms with Gasteiger partial charge in [-0.3, -0.25) is 23.2 Å². The Morgan fingerprint density at radius 2 is 2.06 bits per heavy atom. The zero-order valence-corrected chi connectivity index (χ0v) is 17.4. The second-order valence-electron chi connectivity index (χ2n) is 6.58. The largest absolute Gasteiger partial charge is 0.481 e. The van der Waals surface area contributed by atoms with Crippen molar-refractivity contribution >= 4 is 25.5 Å². The zero-order valence-electron chi connectivity index (χ0n) is 16.5. The van der Waals surface area contributed by atoms with E-state index in [4.69, 9.17) is 29.7 Å². The molecule has 1 saturated heterocycles. The third-order valence-electron chi connectivity index (χ3n) is 4.22. The van der Waals surface area contributed by atoms with E-state index in [1.807, 2.05) is 5.09 Å². The maximum absolute atomic E-state index is 12.9. The fraction of sp³-hybridized carbons (Fsp3) is 0.500. The number of carbonyl (C=O) groups is 2. The number of nitrogen functional groups attached to an aromatic ring is 1. The molecule has 1 unspecified atom stereocenters.